The van der Waals surface area contributed by atoms with Crippen molar-refractivity contribution in [2.75, 3.05) is 12.8 Å². The molecule has 2 rings (SSSR count). The van der Waals surface area contributed by atoms with Crippen molar-refractivity contribution < 1.29 is 19.1 Å². The molecule has 0 amide bonds. The summed E-state index contributed by atoms with van der Waals surface area (Å²) in [6, 6.07) is 6.35. The van der Waals surface area contributed by atoms with Crippen LogP contribution in [0, 0.1) is 0 Å². The fraction of sp³-hybridized carbons (Fsp3) is 0.294. The van der Waals surface area contributed by atoms with E-state index in [0.717, 1.165) is 9.13 Å². The van der Waals surface area contributed by atoms with Crippen LogP contribution >= 0.6 is 0 Å². The normalized spacial score (nSPS) is 11.7. The lowest BCUT2D eigenvalue weighted by molar-refractivity contribution is 0.0315. The molecule has 26 heavy (non-hydrogen) atoms. The van der Waals surface area contributed by atoms with Crippen LogP contribution in [0.5, 0.6) is 5.75 Å². The van der Waals surface area contributed by atoms with Crippen LogP contribution in [0.15, 0.2) is 33.9 Å². The average molecular weight is 361 g/mol. The zero-order valence-electron chi connectivity index (χ0n) is 14.8. The van der Waals surface area contributed by atoms with Gasteiger partial charge in [0.15, 0.2) is 6.10 Å². The van der Waals surface area contributed by atoms with E-state index in [4.69, 9.17) is 15.2 Å². The van der Waals surface area contributed by atoms with E-state index in [-0.39, 0.29) is 17.1 Å². The molecule has 2 aromatic rings. The van der Waals surface area contributed by atoms with Crippen LogP contribution in [0.25, 0.3) is 0 Å². The Morgan fingerprint density at radius 3 is 2.35 bits per heavy atom. The summed E-state index contributed by atoms with van der Waals surface area (Å²) in [5, 5.41) is 0. The number of aromatic nitrogens is 2. The number of rotatable bonds is 5. The third-order valence-corrected chi connectivity index (χ3v) is 3.94. The van der Waals surface area contributed by atoms with Crippen molar-refractivity contribution >= 4 is 17.6 Å². The first-order valence-electron chi connectivity index (χ1n) is 7.64. The maximum Gasteiger partial charge on any atom is 0.342 e. The van der Waals surface area contributed by atoms with E-state index in [9.17, 15) is 19.2 Å². The molecule has 0 unspecified atom stereocenters. The Balaban J connectivity index is 2.36. The van der Waals surface area contributed by atoms with Crippen LogP contribution in [0.3, 0.4) is 0 Å². The molecule has 2 N–H and O–H groups in total. The van der Waals surface area contributed by atoms with Crippen LogP contribution in [-0.4, -0.2) is 34.1 Å². The van der Waals surface area contributed by atoms with Gasteiger partial charge >= 0.3 is 11.7 Å². The third kappa shape index (κ3) is 3.23. The minimum atomic E-state index is -1.29. The van der Waals surface area contributed by atoms with Gasteiger partial charge in [0.1, 0.15) is 22.7 Å². The first kappa shape index (κ1) is 19.0. The maximum atomic E-state index is 12.6. The third-order valence-electron chi connectivity index (χ3n) is 3.94. The number of carbonyl (C=O) groups is 2. The highest BCUT2D eigenvalue weighted by atomic mass is 16.5. The Morgan fingerprint density at radius 2 is 1.73 bits per heavy atom. The molecule has 0 saturated carbocycles. The quantitative estimate of drug-likeness (QED) is 0.592. The molecule has 0 aliphatic heterocycles. The molecule has 9 heteroatoms. The number of esters is 1. The summed E-state index contributed by atoms with van der Waals surface area (Å²) in [6.07, 6.45) is -1.29. The SMILES string of the molecule is COc1ccccc1C(=O)O[C@@H](C)C(=O)c1c(N)n(C)c(=O)n(C)c1=O. The summed E-state index contributed by atoms with van der Waals surface area (Å²) in [5.41, 5.74) is 3.96. The number of Topliss-reactive ketones (excluding diaryl/α,β-unsaturated/α-hetero) is 1. The molecule has 0 saturated heterocycles. The fourth-order valence-electron chi connectivity index (χ4n) is 2.39. The average Bonchev–Trinajstić information content (AvgIpc) is 2.64. The zero-order valence-corrected chi connectivity index (χ0v) is 14.8. The van der Waals surface area contributed by atoms with Crippen LogP contribution < -0.4 is 21.7 Å². The molecule has 1 aromatic carbocycles. The number of para-hydroxylation sites is 1. The molecule has 1 aromatic heterocycles. The lowest BCUT2D eigenvalue weighted by Gasteiger charge is -2.16. The van der Waals surface area contributed by atoms with Gasteiger partial charge in [-0.3, -0.25) is 18.7 Å². The number of hydrogen-bond acceptors (Lipinski definition) is 7. The predicted molar refractivity (Wildman–Crippen MR) is 93.5 cm³/mol. The van der Waals surface area contributed by atoms with Gasteiger partial charge in [0.25, 0.3) is 5.56 Å². The van der Waals surface area contributed by atoms with Crippen molar-refractivity contribution in [3.63, 3.8) is 0 Å². The zero-order chi connectivity index (χ0) is 19.6. The van der Waals surface area contributed by atoms with E-state index in [1.165, 1.54) is 34.2 Å². The molecule has 0 spiro atoms. The maximum absolute atomic E-state index is 12.6. The molecule has 0 fully saturated rings. The largest absolute Gasteiger partial charge is 0.496 e. The van der Waals surface area contributed by atoms with E-state index in [1.807, 2.05) is 0 Å². The standard InChI is InChI=1S/C17H19N3O6/c1-9(26-16(23)10-7-5-6-8-11(10)25-4)13(21)12-14(18)19(2)17(24)20(3)15(12)22/h5-9H,18H2,1-4H3/t9-/m0/s1. The molecular formula is C17H19N3O6. The van der Waals surface area contributed by atoms with Crippen molar-refractivity contribution in [1.29, 1.82) is 0 Å². The minimum absolute atomic E-state index is 0.135. The summed E-state index contributed by atoms with van der Waals surface area (Å²) in [5.74, 6) is -1.59. The number of ketones is 1. The number of nitrogens with zero attached hydrogens (tertiary/aromatic N) is 2. The van der Waals surface area contributed by atoms with Gasteiger partial charge in [-0.05, 0) is 19.1 Å². The van der Waals surface area contributed by atoms with E-state index in [0.29, 0.717) is 0 Å². The van der Waals surface area contributed by atoms with Gasteiger partial charge in [-0.25, -0.2) is 9.59 Å². The van der Waals surface area contributed by atoms with Crippen molar-refractivity contribution in [1.82, 2.24) is 9.13 Å². The molecule has 138 valence electrons. The van der Waals surface area contributed by atoms with E-state index in [1.54, 1.807) is 18.2 Å². The summed E-state index contributed by atoms with van der Waals surface area (Å²) in [7, 11) is 3.96. The Morgan fingerprint density at radius 1 is 1.12 bits per heavy atom. The summed E-state index contributed by atoms with van der Waals surface area (Å²) in [4.78, 5) is 49.0. The monoisotopic (exact) mass is 361 g/mol. The Kier molecular flexibility index (Phi) is 5.30. The number of ether oxygens (including phenoxy) is 2. The first-order chi connectivity index (χ1) is 12.2. The Labute approximate surface area is 148 Å². The van der Waals surface area contributed by atoms with Crippen LogP contribution in [0.1, 0.15) is 27.6 Å². The van der Waals surface area contributed by atoms with Crippen molar-refractivity contribution in [3.05, 3.63) is 56.2 Å². The number of nitrogen functional groups attached to an aromatic ring is 1. The van der Waals surface area contributed by atoms with Crippen LogP contribution in [0.4, 0.5) is 5.82 Å². The smallest absolute Gasteiger partial charge is 0.342 e. The highest BCUT2D eigenvalue weighted by Gasteiger charge is 2.28. The molecule has 0 radical (unpaired) electrons. The second-order valence-corrected chi connectivity index (χ2v) is 5.58. The van der Waals surface area contributed by atoms with E-state index >= 15 is 0 Å². The number of hydrogen-bond donors (Lipinski definition) is 1. The van der Waals surface area contributed by atoms with Crippen molar-refractivity contribution in [3.8, 4) is 5.75 Å². The van der Waals surface area contributed by atoms with Gasteiger partial charge in [-0.2, -0.15) is 0 Å². The van der Waals surface area contributed by atoms with Crippen LogP contribution in [-0.2, 0) is 18.8 Å². The molecule has 1 atom stereocenters. The lowest BCUT2D eigenvalue weighted by Crippen LogP contribution is -2.43. The van der Waals surface area contributed by atoms with E-state index in [2.05, 4.69) is 0 Å². The summed E-state index contributed by atoms with van der Waals surface area (Å²) in [6.45, 7) is 1.32. The molecule has 1 heterocycles. The summed E-state index contributed by atoms with van der Waals surface area (Å²) >= 11 is 0. The molecule has 0 aliphatic carbocycles. The minimum Gasteiger partial charge on any atom is -0.496 e. The highest BCUT2D eigenvalue weighted by molar-refractivity contribution is 6.04. The van der Waals surface area contributed by atoms with Crippen molar-refractivity contribution in [2.45, 2.75) is 13.0 Å². The van der Waals surface area contributed by atoms with Gasteiger partial charge in [-0.1, -0.05) is 12.1 Å². The second kappa shape index (κ2) is 7.26. The molecular weight excluding hydrogens is 342 g/mol. The number of benzene rings is 1. The predicted octanol–water partition coefficient (Wildman–Crippen LogP) is 0.103. The van der Waals surface area contributed by atoms with Gasteiger partial charge in [0.05, 0.1) is 7.11 Å². The Bertz CT molecular complexity index is 989. The highest BCUT2D eigenvalue weighted by Crippen LogP contribution is 2.19. The number of nitrogens with two attached hydrogens (primary N) is 1. The van der Waals surface area contributed by atoms with Crippen LogP contribution in [0.2, 0.25) is 0 Å². The van der Waals surface area contributed by atoms with Gasteiger partial charge in [0.2, 0.25) is 5.78 Å². The van der Waals surface area contributed by atoms with Gasteiger partial charge in [-0.15, -0.1) is 0 Å². The fourth-order valence-corrected chi connectivity index (χ4v) is 2.39. The van der Waals surface area contributed by atoms with Gasteiger partial charge in [0, 0.05) is 14.1 Å². The number of carbonyl (C=O) groups excluding carboxylic acids is 2. The topological polar surface area (TPSA) is 123 Å². The van der Waals surface area contributed by atoms with E-state index < -0.39 is 34.7 Å². The second-order valence-electron chi connectivity index (χ2n) is 5.58. The lowest BCUT2D eigenvalue weighted by atomic mass is 10.1. The Hall–Kier alpha value is -3.36. The number of methoxy groups -OCH3 is 1. The van der Waals surface area contributed by atoms with Crippen molar-refractivity contribution in [2.24, 2.45) is 14.1 Å². The van der Waals surface area contributed by atoms with Gasteiger partial charge < -0.3 is 15.2 Å². The molecule has 0 bridgehead atoms. The summed E-state index contributed by atoms with van der Waals surface area (Å²) < 4.78 is 12.0. The number of anilines is 1. The molecule has 0 aliphatic rings. The molecule has 9 nitrogen and oxygen atoms in total. The first-order valence-corrected chi connectivity index (χ1v) is 7.64.